The minimum Gasteiger partial charge on any atom is -0.398 e. The number of halogens is 1. The fraction of sp³-hybridized carbons (Fsp3) is 0.333. The van der Waals surface area contributed by atoms with Crippen LogP contribution in [0, 0.1) is 6.92 Å². The van der Waals surface area contributed by atoms with E-state index < -0.39 is 25.8 Å². The van der Waals surface area contributed by atoms with Gasteiger partial charge in [-0.25, -0.2) is 26.7 Å². The molecule has 19 heavy (non-hydrogen) atoms. The first-order chi connectivity index (χ1) is 8.53. The smallest absolute Gasteiger partial charge is 0.240 e. The van der Waals surface area contributed by atoms with Crippen LogP contribution in [0.25, 0.3) is 0 Å². The summed E-state index contributed by atoms with van der Waals surface area (Å²) in [5.41, 5.74) is 6.20. The zero-order valence-corrected chi connectivity index (χ0v) is 12.4. The molecule has 7 nitrogen and oxygen atoms in total. The van der Waals surface area contributed by atoms with Crippen LogP contribution in [-0.2, 0) is 20.0 Å². The summed E-state index contributed by atoms with van der Waals surface area (Å²) in [5.74, 6) is -0.499. The molecule has 0 heterocycles. The standard InChI is InChI=1S/C9H14ClN3O4S2/c1-6-8(11)4-7(10)5-9(6)19(16,17)13-2-3-18(12,14)15/h4-5,13H,2-3,11H2,1H3,(H2,12,14,15). The second-order valence-electron chi connectivity index (χ2n) is 3.88. The van der Waals surface area contributed by atoms with E-state index in [0.717, 1.165) is 0 Å². The van der Waals surface area contributed by atoms with Crippen molar-refractivity contribution in [3.8, 4) is 0 Å². The number of nitrogens with two attached hydrogens (primary N) is 2. The van der Waals surface area contributed by atoms with Crippen LogP contribution in [0.2, 0.25) is 5.02 Å². The number of sulfonamides is 2. The first-order valence-electron chi connectivity index (χ1n) is 5.09. The van der Waals surface area contributed by atoms with Crippen LogP contribution in [0.15, 0.2) is 17.0 Å². The molecule has 0 atom stereocenters. The van der Waals surface area contributed by atoms with Crippen molar-refractivity contribution in [1.29, 1.82) is 0 Å². The first kappa shape index (κ1) is 16.2. The Bertz CT molecular complexity index is 686. The number of anilines is 1. The van der Waals surface area contributed by atoms with Crippen molar-refractivity contribution in [2.24, 2.45) is 5.14 Å². The summed E-state index contributed by atoms with van der Waals surface area (Å²) in [7, 11) is -7.63. The molecule has 0 fully saturated rings. The van der Waals surface area contributed by atoms with E-state index in [1.54, 1.807) is 0 Å². The lowest BCUT2D eigenvalue weighted by molar-refractivity contribution is 0.581. The lowest BCUT2D eigenvalue weighted by atomic mass is 10.2. The molecule has 0 aliphatic rings. The molecule has 0 aliphatic heterocycles. The van der Waals surface area contributed by atoms with Gasteiger partial charge in [-0.2, -0.15) is 0 Å². The van der Waals surface area contributed by atoms with Gasteiger partial charge in [-0.1, -0.05) is 11.6 Å². The Morgan fingerprint density at radius 2 is 1.84 bits per heavy atom. The SMILES string of the molecule is Cc1c(N)cc(Cl)cc1S(=O)(=O)NCCS(N)(=O)=O. The molecule has 0 unspecified atom stereocenters. The normalized spacial score (nSPS) is 12.6. The van der Waals surface area contributed by atoms with E-state index in [1.807, 2.05) is 0 Å². The molecule has 1 aromatic rings. The zero-order valence-electron chi connectivity index (χ0n) is 10.1. The Hall–Kier alpha value is -0.870. The average molecular weight is 328 g/mol. The summed E-state index contributed by atoms with van der Waals surface area (Å²) in [4.78, 5) is -0.0908. The van der Waals surface area contributed by atoms with Crippen LogP contribution in [0.5, 0.6) is 0 Å². The Morgan fingerprint density at radius 1 is 1.26 bits per heavy atom. The first-order valence-corrected chi connectivity index (χ1v) is 8.66. The molecule has 108 valence electrons. The quantitative estimate of drug-likeness (QED) is 0.644. The summed E-state index contributed by atoms with van der Waals surface area (Å²) in [6.45, 7) is 1.20. The molecule has 0 aliphatic carbocycles. The van der Waals surface area contributed by atoms with E-state index in [2.05, 4.69) is 4.72 Å². The van der Waals surface area contributed by atoms with Crippen LogP contribution in [0.3, 0.4) is 0 Å². The molecule has 0 radical (unpaired) electrons. The van der Waals surface area contributed by atoms with Crippen molar-refractivity contribution >= 4 is 37.3 Å². The number of nitrogens with one attached hydrogen (secondary N) is 1. The maximum absolute atomic E-state index is 12.0. The van der Waals surface area contributed by atoms with Crippen LogP contribution in [0.1, 0.15) is 5.56 Å². The predicted octanol–water partition coefficient (Wildman–Crippen LogP) is -0.203. The van der Waals surface area contributed by atoms with Crippen molar-refractivity contribution in [2.45, 2.75) is 11.8 Å². The molecule has 10 heteroatoms. The number of hydrogen-bond donors (Lipinski definition) is 3. The third-order valence-electron chi connectivity index (χ3n) is 2.33. The van der Waals surface area contributed by atoms with Gasteiger partial charge in [0.25, 0.3) is 0 Å². The Kier molecular flexibility index (Phi) is 4.80. The third kappa shape index (κ3) is 4.62. The molecular formula is C9H14ClN3O4S2. The van der Waals surface area contributed by atoms with E-state index in [9.17, 15) is 16.8 Å². The third-order valence-corrected chi connectivity index (χ3v) is 4.91. The molecule has 5 N–H and O–H groups in total. The Labute approximate surface area is 117 Å². The van der Waals surface area contributed by atoms with Gasteiger partial charge in [0.1, 0.15) is 0 Å². The van der Waals surface area contributed by atoms with Gasteiger partial charge in [-0.05, 0) is 24.6 Å². The molecule has 0 amide bonds. The van der Waals surface area contributed by atoms with E-state index in [4.69, 9.17) is 22.5 Å². The zero-order chi connectivity index (χ0) is 14.8. The maximum Gasteiger partial charge on any atom is 0.240 e. The van der Waals surface area contributed by atoms with Gasteiger partial charge in [0.05, 0.1) is 10.6 Å². The molecule has 0 aromatic heterocycles. The summed E-state index contributed by atoms with van der Waals surface area (Å²) in [6.07, 6.45) is 0. The van der Waals surface area contributed by atoms with Crippen molar-refractivity contribution in [1.82, 2.24) is 4.72 Å². The fourth-order valence-corrected chi connectivity index (χ4v) is 3.49. The number of primary sulfonamides is 1. The van der Waals surface area contributed by atoms with Gasteiger partial charge in [0.2, 0.25) is 20.0 Å². The molecule has 0 saturated carbocycles. The largest absolute Gasteiger partial charge is 0.398 e. The fourth-order valence-electron chi connectivity index (χ4n) is 1.35. The molecule has 0 bridgehead atoms. The van der Waals surface area contributed by atoms with Crippen LogP contribution < -0.4 is 15.6 Å². The second kappa shape index (κ2) is 5.63. The molecule has 0 saturated heterocycles. The van der Waals surface area contributed by atoms with Crippen molar-refractivity contribution in [3.63, 3.8) is 0 Å². The molecule has 0 spiro atoms. The van der Waals surface area contributed by atoms with Gasteiger partial charge >= 0.3 is 0 Å². The highest BCUT2D eigenvalue weighted by atomic mass is 35.5. The monoisotopic (exact) mass is 327 g/mol. The Balaban J connectivity index is 3.02. The predicted molar refractivity (Wildman–Crippen MR) is 73.8 cm³/mol. The average Bonchev–Trinajstić information content (AvgIpc) is 2.20. The number of hydrogen-bond acceptors (Lipinski definition) is 5. The van der Waals surface area contributed by atoms with Crippen molar-refractivity contribution in [3.05, 3.63) is 22.7 Å². The maximum atomic E-state index is 12.0. The van der Waals surface area contributed by atoms with E-state index >= 15 is 0 Å². The lowest BCUT2D eigenvalue weighted by Crippen LogP contribution is -2.32. The highest BCUT2D eigenvalue weighted by Gasteiger charge is 2.19. The van der Waals surface area contributed by atoms with E-state index in [-0.39, 0.29) is 22.2 Å². The highest BCUT2D eigenvalue weighted by Crippen LogP contribution is 2.25. The van der Waals surface area contributed by atoms with E-state index in [0.29, 0.717) is 5.56 Å². The molecular weight excluding hydrogens is 314 g/mol. The van der Waals surface area contributed by atoms with Crippen molar-refractivity contribution in [2.75, 3.05) is 18.0 Å². The van der Waals surface area contributed by atoms with Crippen molar-refractivity contribution < 1.29 is 16.8 Å². The van der Waals surface area contributed by atoms with Crippen LogP contribution in [-0.4, -0.2) is 29.1 Å². The number of nitrogen functional groups attached to an aromatic ring is 1. The van der Waals surface area contributed by atoms with Gasteiger partial charge in [0.15, 0.2) is 0 Å². The van der Waals surface area contributed by atoms with Gasteiger partial charge in [-0.15, -0.1) is 0 Å². The van der Waals surface area contributed by atoms with Crippen LogP contribution in [0.4, 0.5) is 5.69 Å². The minimum absolute atomic E-state index is 0.0908. The molecule has 1 aromatic carbocycles. The minimum atomic E-state index is -3.89. The summed E-state index contributed by atoms with van der Waals surface area (Å²) in [5, 5.41) is 4.95. The lowest BCUT2D eigenvalue weighted by Gasteiger charge is -2.11. The number of rotatable bonds is 5. The summed E-state index contributed by atoms with van der Waals surface area (Å²) >= 11 is 5.75. The van der Waals surface area contributed by atoms with Gasteiger partial charge in [-0.3, -0.25) is 0 Å². The second-order valence-corrected chi connectivity index (χ2v) is 7.79. The van der Waals surface area contributed by atoms with Gasteiger partial charge < -0.3 is 5.73 Å². The van der Waals surface area contributed by atoms with E-state index in [1.165, 1.54) is 19.1 Å². The summed E-state index contributed by atoms with van der Waals surface area (Å²) < 4.78 is 47.6. The Morgan fingerprint density at radius 3 is 2.37 bits per heavy atom. The topological polar surface area (TPSA) is 132 Å². The van der Waals surface area contributed by atoms with Crippen LogP contribution >= 0.6 is 11.6 Å². The summed E-state index contributed by atoms with van der Waals surface area (Å²) in [6, 6.07) is 2.67. The molecule has 1 rings (SSSR count). The highest BCUT2D eigenvalue weighted by molar-refractivity contribution is 7.90. The van der Waals surface area contributed by atoms with Gasteiger partial charge in [0, 0.05) is 17.3 Å². The number of benzene rings is 1.